The first-order valence-corrected chi connectivity index (χ1v) is 9.51. The Morgan fingerprint density at radius 1 is 0.565 bits per heavy atom. The molecule has 0 radical (unpaired) electrons. The summed E-state index contributed by atoms with van der Waals surface area (Å²) in [5.74, 6) is 0.553. The maximum absolute atomic E-state index is 2.29. The largest absolute Gasteiger partial charge is 0.0654 e. The van der Waals surface area contributed by atoms with Gasteiger partial charge in [0.25, 0.3) is 0 Å². The summed E-state index contributed by atoms with van der Waals surface area (Å²) in [6.07, 6.45) is 12.4. The minimum Gasteiger partial charge on any atom is -0.0654 e. The highest BCUT2D eigenvalue weighted by Gasteiger charge is 2.13. The zero-order valence-corrected chi connectivity index (χ0v) is 14.7. The molecule has 124 valence electrons. The van der Waals surface area contributed by atoms with E-state index in [4.69, 9.17) is 0 Å². The fourth-order valence-electron chi connectivity index (χ4n) is 3.38. The van der Waals surface area contributed by atoms with E-state index >= 15 is 0 Å². The van der Waals surface area contributed by atoms with Crippen LogP contribution in [0.15, 0.2) is 60.7 Å². The molecule has 0 amide bonds. The van der Waals surface area contributed by atoms with E-state index in [0.717, 1.165) is 0 Å². The van der Waals surface area contributed by atoms with Crippen molar-refractivity contribution in [1.82, 2.24) is 0 Å². The van der Waals surface area contributed by atoms with Gasteiger partial charge in [0, 0.05) is 5.92 Å². The lowest BCUT2D eigenvalue weighted by molar-refractivity contribution is 0.551. The highest BCUT2D eigenvalue weighted by Crippen LogP contribution is 2.29. The molecule has 0 fully saturated rings. The third-order valence-corrected chi connectivity index (χ3v) is 4.75. The van der Waals surface area contributed by atoms with Gasteiger partial charge < -0.3 is 0 Å². The second-order valence-electron chi connectivity index (χ2n) is 6.64. The van der Waals surface area contributed by atoms with Gasteiger partial charge in [-0.1, -0.05) is 119 Å². The predicted molar refractivity (Wildman–Crippen MR) is 102 cm³/mol. The van der Waals surface area contributed by atoms with Crippen LogP contribution in [0.1, 0.15) is 81.8 Å². The van der Waals surface area contributed by atoms with Crippen molar-refractivity contribution in [2.75, 3.05) is 0 Å². The van der Waals surface area contributed by atoms with Gasteiger partial charge >= 0.3 is 0 Å². The van der Waals surface area contributed by atoms with Crippen molar-refractivity contribution >= 4 is 0 Å². The molecule has 0 aromatic heterocycles. The van der Waals surface area contributed by atoms with Crippen molar-refractivity contribution in [3.8, 4) is 0 Å². The molecule has 0 spiro atoms. The normalized spacial score (nSPS) is 11.0. The van der Waals surface area contributed by atoms with Crippen LogP contribution in [0.2, 0.25) is 0 Å². The van der Waals surface area contributed by atoms with Crippen molar-refractivity contribution in [3.05, 3.63) is 71.8 Å². The minimum absolute atomic E-state index is 0.553. The summed E-state index contributed by atoms with van der Waals surface area (Å²) in [7, 11) is 0. The molecule has 0 nitrogen and oxygen atoms in total. The number of rotatable bonds is 11. The van der Waals surface area contributed by atoms with Gasteiger partial charge in [0.2, 0.25) is 0 Å². The Hall–Kier alpha value is -1.56. The molecule has 0 saturated carbocycles. The molecule has 0 saturated heterocycles. The zero-order chi connectivity index (χ0) is 16.2. The third kappa shape index (κ3) is 6.60. The Labute approximate surface area is 143 Å². The SMILES string of the molecule is CCCCCCCCCCC(c1ccccc1)c1ccccc1. The number of unbranched alkanes of at least 4 members (excludes halogenated alkanes) is 7. The van der Waals surface area contributed by atoms with Crippen molar-refractivity contribution in [3.63, 3.8) is 0 Å². The van der Waals surface area contributed by atoms with Crippen LogP contribution in [0.3, 0.4) is 0 Å². The Kier molecular flexibility index (Phi) is 8.55. The van der Waals surface area contributed by atoms with Crippen LogP contribution in [0.5, 0.6) is 0 Å². The summed E-state index contributed by atoms with van der Waals surface area (Å²) < 4.78 is 0. The monoisotopic (exact) mass is 308 g/mol. The van der Waals surface area contributed by atoms with Crippen LogP contribution < -0.4 is 0 Å². The van der Waals surface area contributed by atoms with Crippen LogP contribution in [-0.4, -0.2) is 0 Å². The molecule has 0 heterocycles. The van der Waals surface area contributed by atoms with E-state index in [-0.39, 0.29) is 0 Å². The molecular formula is C23H32. The molecule has 0 atom stereocenters. The second kappa shape index (κ2) is 11.0. The molecule has 2 aromatic carbocycles. The summed E-state index contributed by atoms with van der Waals surface area (Å²) in [6, 6.07) is 22.0. The highest BCUT2D eigenvalue weighted by molar-refractivity contribution is 5.32. The van der Waals surface area contributed by atoms with Crippen molar-refractivity contribution in [2.24, 2.45) is 0 Å². The molecule has 0 aliphatic rings. The standard InChI is InChI=1S/C23H32/c1-2-3-4-5-6-7-8-15-20-23(21-16-11-9-12-17-21)22-18-13-10-14-19-22/h9-14,16-19,23H,2-8,15,20H2,1H3. The lowest BCUT2D eigenvalue weighted by Gasteiger charge is -2.18. The summed E-state index contributed by atoms with van der Waals surface area (Å²) in [5, 5.41) is 0. The Bertz CT molecular complexity index is 461. The predicted octanol–water partition coefficient (Wildman–Crippen LogP) is 7.35. The van der Waals surface area contributed by atoms with Gasteiger partial charge in [-0.15, -0.1) is 0 Å². The first kappa shape index (κ1) is 17.8. The van der Waals surface area contributed by atoms with Gasteiger partial charge in [-0.2, -0.15) is 0 Å². The molecule has 0 aliphatic carbocycles. The fourth-order valence-corrected chi connectivity index (χ4v) is 3.38. The first-order valence-electron chi connectivity index (χ1n) is 9.51. The maximum Gasteiger partial charge on any atom is 0.00893 e. The van der Waals surface area contributed by atoms with Gasteiger partial charge in [-0.05, 0) is 17.5 Å². The van der Waals surface area contributed by atoms with E-state index in [1.165, 1.54) is 68.9 Å². The Morgan fingerprint density at radius 2 is 1.00 bits per heavy atom. The smallest absolute Gasteiger partial charge is 0.00893 e. The van der Waals surface area contributed by atoms with E-state index in [0.29, 0.717) is 5.92 Å². The maximum atomic E-state index is 2.29. The van der Waals surface area contributed by atoms with Gasteiger partial charge in [-0.3, -0.25) is 0 Å². The number of benzene rings is 2. The molecule has 0 N–H and O–H groups in total. The molecule has 0 aliphatic heterocycles. The van der Waals surface area contributed by atoms with Crippen LogP contribution in [0, 0.1) is 0 Å². The molecular weight excluding hydrogens is 276 g/mol. The average molecular weight is 309 g/mol. The van der Waals surface area contributed by atoms with E-state index in [1.807, 2.05) is 0 Å². The van der Waals surface area contributed by atoms with E-state index in [2.05, 4.69) is 67.6 Å². The topological polar surface area (TPSA) is 0 Å². The number of hydrogen-bond acceptors (Lipinski definition) is 0. The van der Waals surface area contributed by atoms with Crippen LogP contribution in [-0.2, 0) is 0 Å². The minimum atomic E-state index is 0.553. The summed E-state index contributed by atoms with van der Waals surface area (Å²) in [6.45, 7) is 2.29. The van der Waals surface area contributed by atoms with E-state index in [1.54, 1.807) is 0 Å². The Balaban J connectivity index is 1.80. The van der Waals surface area contributed by atoms with Gasteiger partial charge in [-0.25, -0.2) is 0 Å². The van der Waals surface area contributed by atoms with E-state index in [9.17, 15) is 0 Å². The Morgan fingerprint density at radius 3 is 1.48 bits per heavy atom. The molecule has 0 unspecified atom stereocenters. The van der Waals surface area contributed by atoms with Gasteiger partial charge in [0.05, 0.1) is 0 Å². The highest BCUT2D eigenvalue weighted by atomic mass is 14.2. The molecule has 2 rings (SSSR count). The first-order chi connectivity index (χ1) is 11.4. The number of hydrogen-bond donors (Lipinski definition) is 0. The lowest BCUT2D eigenvalue weighted by atomic mass is 9.87. The molecule has 0 bridgehead atoms. The van der Waals surface area contributed by atoms with Gasteiger partial charge in [0.15, 0.2) is 0 Å². The molecule has 0 heteroatoms. The summed E-state index contributed by atoms with van der Waals surface area (Å²) in [5.41, 5.74) is 2.92. The van der Waals surface area contributed by atoms with Crippen molar-refractivity contribution in [1.29, 1.82) is 0 Å². The average Bonchev–Trinajstić information content (AvgIpc) is 2.62. The summed E-state index contributed by atoms with van der Waals surface area (Å²) >= 11 is 0. The summed E-state index contributed by atoms with van der Waals surface area (Å²) in [4.78, 5) is 0. The van der Waals surface area contributed by atoms with E-state index < -0.39 is 0 Å². The van der Waals surface area contributed by atoms with Crippen LogP contribution in [0.4, 0.5) is 0 Å². The molecule has 23 heavy (non-hydrogen) atoms. The van der Waals surface area contributed by atoms with Crippen LogP contribution >= 0.6 is 0 Å². The zero-order valence-electron chi connectivity index (χ0n) is 14.7. The van der Waals surface area contributed by atoms with Crippen LogP contribution in [0.25, 0.3) is 0 Å². The molecule has 2 aromatic rings. The van der Waals surface area contributed by atoms with Crippen molar-refractivity contribution < 1.29 is 0 Å². The van der Waals surface area contributed by atoms with Gasteiger partial charge in [0.1, 0.15) is 0 Å². The second-order valence-corrected chi connectivity index (χ2v) is 6.64. The fraction of sp³-hybridized carbons (Fsp3) is 0.478. The lowest BCUT2D eigenvalue weighted by Crippen LogP contribution is -2.01. The quantitative estimate of drug-likeness (QED) is 0.381. The van der Waals surface area contributed by atoms with Crippen molar-refractivity contribution in [2.45, 2.75) is 70.6 Å². The third-order valence-electron chi connectivity index (χ3n) is 4.75.